The van der Waals surface area contributed by atoms with Crippen molar-refractivity contribution in [2.75, 3.05) is 7.11 Å². The fourth-order valence-corrected chi connectivity index (χ4v) is 5.78. The van der Waals surface area contributed by atoms with Crippen LogP contribution < -0.4 is 4.74 Å². The molecule has 3 aromatic rings. The lowest BCUT2D eigenvalue weighted by atomic mass is 9.74. The Morgan fingerprint density at radius 2 is 1.73 bits per heavy atom. The quantitative estimate of drug-likeness (QED) is 0.180. The van der Waals surface area contributed by atoms with Crippen LogP contribution in [0, 0.1) is 5.92 Å². The zero-order valence-corrected chi connectivity index (χ0v) is 28.3. The summed E-state index contributed by atoms with van der Waals surface area (Å²) < 4.78 is 24.6. The van der Waals surface area contributed by atoms with Crippen molar-refractivity contribution in [1.29, 1.82) is 0 Å². The summed E-state index contributed by atoms with van der Waals surface area (Å²) in [5.41, 5.74) is -1.73. The van der Waals surface area contributed by atoms with Crippen molar-refractivity contribution in [3.63, 3.8) is 0 Å². The molecule has 2 unspecified atom stereocenters. The minimum atomic E-state index is -1.52. The van der Waals surface area contributed by atoms with Crippen LogP contribution in [0.4, 0.5) is 4.79 Å². The molecule has 1 fully saturated rings. The van der Waals surface area contributed by atoms with Crippen molar-refractivity contribution in [2.45, 2.75) is 97.2 Å². The number of hydrogen-bond donors (Lipinski definition) is 0. The summed E-state index contributed by atoms with van der Waals surface area (Å²) >= 11 is 12.2. The monoisotopic (exact) mass is 661 g/mol. The second-order valence-corrected chi connectivity index (χ2v) is 14.1. The van der Waals surface area contributed by atoms with Gasteiger partial charge in [0.1, 0.15) is 35.8 Å². The van der Waals surface area contributed by atoms with Crippen molar-refractivity contribution in [2.24, 2.45) is 5.92 Å². The fourth-order valence-electron chi connectivity index (χ4n) is 5.46. The molecule has 4 rings (SSSR count). The number of benzene rings is 2. The first kappa shape index (κ1) is 34.4. The summed E-state index contributed by atoms with van der Waals surface area (Å²) in [4.78, 5) is 42.3. The molecule has 0 bridgehead atoms. The first-order chi connectivity index (χ1) is 21.0. The molecule has 10 nitrogen and oxygen atoms in total. The molecule has 0 radical (unpaired) electrons. The van der Waals surface area contributed by atoms with Gasteiger partial charge in [-0.2, -0.15) is 5.10 Å². The predicted octanol–water partition coefficient (Wildman–Crippen LogP) is 7.56. The predicted molar refractivity (Wildman–Crippen MR) is 171 cm³/mol. The number of ether oxygens (including phenoxy) is 4. The SMILES string of the molecule is COC(=O)C1CCCC(C(=O)OC(C)(C)C)(N(Cn2ncc3c(OCc4ccc(Cl)c(Cl)c4)cccc32)C(=O)OC(C)(C)C)C1. The Kier molecular flexibility index (Phi) is 10.3. The molecule has 0 N–H and O–H groups in total. The lowest BCUT2D eigenvalue weighted by Gasteiger charge is -2.46. The lowest BCUT2D eigenvalue weighted by Crippen LogP contribution is -2.62. The van der Waals surface area contributed by atoms with E-state index in [0.29, 0.717) is 39.5 Å². The van der Waals surface area contributed by atoms with E-state index < -0.39 is 40.7 Å². The van der Waals surface area contributed by atoms with Gasteiger partial charge < -0.3 is 18.9 Å². The average Bonchev–Trinajstić information content (AvgIpc) is 3.37. The van der Waals surface area contributed by atoms with Crippen molar-refractivity contribution in [1.82, 2.24) is 14.7 Å². The highest BCUT2D eigenvalue weighted by atomic mass is 35.5. The molecular weight excluding hydrogens is 621 g/mol. The van der Waals surface area contributed by atoms with Crippen LogP contribution in [0.3, 0.4) is 0 Å². The average molecular weight is 663 g/mol. The minimum Gasteiger partial charge on any atom is -0.488 e. The van der Waals surface area contributed by atoms with Crippen LogP contribution >= 0.6 is 23.2 Å². The van der Waals surface area contributed by atoms with Crippen LogP contribution in [0.1, 0.15) is 72.8 Å². The van der Waals surface area contributed by atoms with E-state index in [9.17, 15) is 14.4 Å². The third kappa shape index (κ3) is 8.21. The van der Waals surface area contributed by atoms with Crippen molar-refractivity contribution in [3.05, 3.63) is 58.2 Å². The normalized spacial score (nSPS) is 18.7. The summed E-state index contributed by atoms with van der Waals surface area (Å²) in [5.74, 6) is -1.10. The zero-order chi connectivity index (χ0) is 33.2. The van der Waals surface area contributed by atoms with E-state index in [1.165, 1.54) is 12.0 Å². The number of carbonyl (C=O) groups excluding carboxylic acids is 3. The Labute approximate surface area is 273 Å². The Balaban J connectivity index is 1.75. The van der Waals surface area contributed by atoms with Gasteiger partial charge in [0, 0.05) is 0 Å². The number of nitrogens with zero attached hydrogens (tertiary/aromatic N) is 3. The summed E-state index contributed by atoms with van der Waals surface area (Å²) in [7, 11) is 1.31. The molecule has 45 heavy (non-hydrogen) atoms. The van der Waals surface area contributed by atoms with Gasteiger partial charge in [-0.15, -0.1) is 0 Å². The van der Waals surface area contributed by atoms with E-state index in [-0.39, 0.29) is 26.1 Å². The highest BCUT2D eigenvalue weighted by Gasteiger charge is 2.54. The van der Waals surface area contributed by atoms with Crippen molar-refractivity contribution in [3.8, 4) is 5.75 Å². The van der Waals surface area contributed by atoms with E-state index >= 15 is 0 Å². The number of hydrogen-bond acceptors (Lipinski definition) is 8. The highest BCUT2D eigenvalue weighted by Crippen LogP contribution is 2.41. The minimum absolute atomic E-state index is 0.0189. The molecule has 244 valence electrons. The van der Waals surface area contributed by atoms with Crippen LogP contribution in [0.5, 0.6) is 5.75 Å². The largest absolute Gasteiger partial charge is 0.488 e. The fraction of sp³-hybridized carbons (Fsp3) is 0.515. The molecule has 2 aromatic carbocycles. The van der Waals surface area contributed by atoms with Gasteiger partial charge >= 0.3 is 18.0 Å². The number of halogens is 2. The van der Waals surface area contributed by atoms with Crippen LogP contribution in [0.15, 0.2) is 42.6 Å². The summed E-state index contributed by atoms with van der Waals surface area (Å²) in [6, 6.07) is 10.8. The van der Waals surface area contributed by atoms with Gasteiger partial charge in [-0.1, -0.05) is 35.3 Å². The number of fused-ring (bicyclic) bond motifs is 1. The van der Waals surface area contributed by atoms with Gasteiger partial charge in [0.05, 0.1) is 40.2 Å². The Morgan fingerprint density at radius 3 is 2.38 bits per heavy atom. The number of rotatable bonds is 8. The van der Waals surface area contributed by atoms with Crippen LogP contribution in [-0.2, 0) is 37.1 Å². The van der Waals surface area contributed by atoms with E-state index in [4.69, 9.17) is 42.1 Å². The van der Waals surface area contributed by atoms with E-state index in [1.54, 1.807) is 64.6 Å². The van der Waals surface area contributed by atoms with Gasteiger partial charge in [-0.25, -0.2) is 14.3 Å². The standard InChI is InChI=1S/C33H41Cl2N3O7/c1-31(2,3)44-29(40)33(15-9-10-22(17-33)28(39)42-7)37(30(41)45-32(4,5)6)20-38-26-11-8-12-27(23(26)18-36-38)43-19-21-13-14-24(34)25(35)16-21/h8,11-14,16,18,22H,9-10,15,17,19-20H2,1-7H3. The van der Waals surface area contributed by atoms with Crippen molar-refractivity contribution >= 4 is 52.1 Å². The Hall–Kier alpha value is -3.50. The van der Waals surface area contributed by atoms with Gasteiger partial charge in [-0.3, -0.25) is 9.69 Å². The van der Waals surface area contributed by atoms with Crippen LogP contribution in [-0.4, -0.2) is 56.6 Å². The molecule has 2 atom stereocenters. The molecule has 0 aliphatic heterocycles. The molecule has 1 amide bonds. The maximum Gasteiger partial charge on any atom is 0.412 e. The number of methoxy groups -OCH3 is 1. The molecular formula is C33H41Cl2N3O7. The van der Waals surface area contributed by atoms with Crippen LogP contribution in [0.25, 0.3) is 10.9 Å². The molecule has 1 saturated carbocycles. The molecule has 1 aliphatic carbocycles. The third-order valence-corrected chi connectivity index (χ3v) is 8.21. The first-order valence-corrected chi connectivity index (χ1v) is 15.6. The molecule has 1 aromatic heterocycles. The van der Waals surface area contributed by atoms with Gasteiger partial charge in [0.15, 0.2) is 0 Å². The smallest absolute Gasteiger partial charge is 0.412 e. The summed E-state index contributed by atoms with van der Waals surface area (Å²) in [6.45, 7) is 10.6. The maximum absolute atomic E-state index is 14.1. The Morgan fingerprint density at radius 1 is 1.02 bits per heavy atom. The summed E-state index contributed by atoms with van der Waals surface area (Å²) in [5, 5.41) is 6.18. The highest BCUT2D eigenvalue weighted by molar-refractivity contribution is 6.42. The van der Waals surface area contributed by atoms with Gasteiger partial charge in [0.2, 0.25) is 0 Å². The zero-order valence-electron chi connectivity index (χ0n) is 26.8. The number of esters is 2. The molecule has 0 saturated heterocycles. The number of aromatic nitrogens is 2. The van der Waals surface area contributed by atoms with Crippen LogP contribution in [0.2, 0.25) is 10.0 Å². The third-order valence-electron chi connectivity index (χ3n) is 7.47. The van der Waals surface area contributed by atoms with Crippen molar-refractivity contribution < 1.29 is 33.3 Å². The number of carbonyl (C=O) groups is 3. The molecule has 12 heteroatoms. The lowest BCUT2D eigenvalue weighted by molar-refractivity contribution is -0.176. The number of amides is 1. The second kappa shape index (κ2) is 13.5. The van der Waals surface area contributed by atoms with E-state index in [1.807, 2.05) is 24.3 Å². The molecule has 1 heterocycles. The molecule has 1 aliphatic rings. The van der Waals surface area contributed by atoms with E-state index in [2.05, 4.69) is 5.10 Å². The maximum atomic E-state index is 14.1. The first-order valence-electron chi connectivity index (χ1n) is 14.9. The Bertz CT molecular complexity index is 1560. The van der Waals surface area contributed by atoms with E-state index in [0.717, 1.165) is 5.56 Å². The van der Waals surface area contributed by atoms with Gasteiger partial charge in [0.25, 0.3) is 0 Å². The van der Waals surface area contributed by atoms with Gasteiger partial charge in [-0.05, 0) is 97.1 Å². The second-order valence-electron chi connectivity index (χ2n) is 13.3. The summed E-state index contributed by atoms with van der Waals surface area (Å²) in [6.07, 6.45) is 2.21. The topological polar surface area (TPSA) is 109 Å². The molecule has 0 spiro atoms.